The van der Waals surface area contributed by atoms with Gasteiger partial charge in [0.2, 0.25) is 5.79 Å². The van der Waals surface area contributed by atoms with Crippen molar-refractivity contribution in [1.29, 1.82) is 0 Å². The van der Waals surface area contributed by atoms with Crippen LogP contribution < -0.4 is 5.32 Å². The van der Waals surface area contributed by atoms with Gasteiger partial charge < -0.3 is 14.8 Å². The normalized spacial score (nSPS) is 14.8. The predicted octanol–water partition coefficient (Wildman–Crippen LogP) is 13.2. The van der Waals surface area contributed by atoms with E-state index in [1.54, 1.807) is 0 Å². The number of hydrogen-bond acceptors (Lipinski definition) is 3. The minimum absolute atomic E-state index is 0.420. The smallest absolute Gasteiger partial charge is 0.250 e. The summed E-state index contributed by atoms with van der Waals surface area (Å²) in [4.78, 5) is 0. The maximum atomic E-state index is 6.39. The Labute approximate surface area is 275 Å². The average molecular weight is 612 g/mol. The molecule has 1 heterocycles. The first kappa shape index (κ1) is 40.3. The highest BCUT2D eigenvalue weighted by molar-refractivity contribution is 4.99. The zero-order valence-electron chi connectivity index (χ0n) is 29.6. The summed E-state index contributed by atoms with van der Waals surface area (Å²) in [6.45, 7) is 5.28. The monoisotopic (exact) mass is 612 g/mol. The van der Waals surface area contributed by atoms with Crippen molar-refractivity contribution in [3.8, 4) is 0 Å². The van der Waals surface area contributed by atoms with Crippen LogP contribution in [0.5, 0.6) is 0 Å². The van der Waals surface area contributed by atoms with Crippen molar-refractivity contribution in [2.45, 2.75) is 187 Å². The van der Waals surface area contributed by atoms with Crippen LogP contribution in [-0.4, -0.2) is 19.4 Å². The summed E-state index contributed by atoms with van der Waals surface area (Å²) in [6.07, 6.45) is 53.3. The molecule has 0 spiro atoms. The second-order valence-electron chi connectivity index (χ2n) is 12.9. The molecule has 0 aromatic carbocycles. The molecule has 1 aliphatic heterocycles. The molecule has 254 valence electrons. The quantitative estimate of drug-likeness (QED) is 0.0606. The minimum Gasteiger partial charge on any atom is -0.456 e. The number of nitrogens with one attached hydrogen (secondary N) is 1. The molecule has 1 N–H and O–H groups in total. The molecule has 0 bridgehead atoms. The fourth-order valence-electron chi connectivity index (χ4n) is 5.82. The average Bonchev–Trinajstić information content (AvgIpc) is 3.43. The molecular weight excluding hydrogens is 538 g/mol. The lowest BCUT2D eigenvalue weighted by Gasteiger charge is -2.29. The van der Waals surface area contributed by atoms with Gasteiger partial charge in [-0.1, -0.05) is 140 Å². The van der Waals surface area contributed by atoms with Gasteiger partial charge in [-0.2, -0.15) is 0 Å². The van der Waals surface area contributed by atoms with Crippen LogP contribution in [0.1, 0.15) is 181 Å². The van der Waals surface area contributed by atoms with Gasteiger partial charge in [-0.3, -0.25) is 0 Å². The Kier molecular flexibility index (Phi) is 28.6. The van der Waals surface area contributed by atoms with Crippen molar-refractivity contribution in [1.82, 2.24) is 5.32 Å². The summed E-state index contributed by atoms with van der Waals surface area (Å²) >= 11 is 0. The Bertz CT molecular complexity index is 715. The van der Waals surface area contributed by atoms with E-state index in [2.05, 4.69) is 67.8 Å². The van der Waals surface area contributed by atoms with Gasteiger partial charge in [0.05, 0.1) is 6.54 Å². The van der Waals surface area contributed by atoms with E-state index < -0.39 is 5.79 Å². The van der Waals surface area contributed by atoms with Crippen LogP contribution in [0.2, 0.25) is 0 Å². The van der Waals surface area contributed by atoms with Gasteiger partial charge in [-0.25, -0.2) is 0 Å². The van der Waals surface area contributed by atoms with Crippen LogP contribution in [0.25, 0.3) is 0 Å². The molecule has 0 atom stereocenters. The molecule has 3 heteroatoms. The Balaban J connectivity index is 2.08. The largest absolute Gasteiger partial charge is 0.456 e. The fourth-order valence-corrected chi connectivity index (χ4v) is 5.82. The van der Waals surface area contributed by atoms with Crippen LogP contribution in [0.4, 0.5) is 0 Å². The van der Waals surface area contributed by atoms with E-state index in [4.69, 9.17) is 9.47 Å². The number of ether oxygens (including phenoxy) is 2. The van der Waals surface area contributed by atoms with Gasteiger partial charge in [0.25, 0.3) is 0 Å². The van der Waals surface area contributed by atoms with Crippen molar-refractivity contribution in [2.24, 2.45) is 0 Å². The Hall–Kier alpha value is -1.74. The van der Waals surface area contributed by atoms with E-state index in [-0.39, 0.29) is 0 Å². The first-order valence-corrected chi connectivity index (χ1v) is 19.1. The molecular formula is C41H73NO2. The third kappa shape index (κ3) is 24.6. The molecule has 0 saturated carbocycles. The maximum Gasteiger partial charge on any atom is 0.250 e. The maximum absolute atomic E-state index is 6.39. The van der Waals surface area contributed by atoms with Gasteiger partial charge in [0.15, 0.2) is 0 Å². The molecule has 3 nitrogen and oxygen atoms in total. The Morgan fingerprint density at radius 2 is 0.909 bits per heavy atom. The highest BCUT2D eigenvalue weighted by Crippen LogP contribution is 2.35. The molecule has 0 amide bonds. The molecule has 0 aliphatic carbocycles. The minimum atomic E-state index is -0.420. The zero-order valence-corrected chi connectivity index (χ0v) is 29.6. The second-order valence-corrected chi connectivity index (χ2v) is 12.9. The first-order chi connectivity index (χ1) is 21.8. The summed E-state index contributed by atoms with van der Waals surface area (Å²) in [5.41, 5.74) is 0. The highest BCUT2D eigenvalue weighted by atomic mass is 16.7. The fraction of sp³-hybridized carbons (Fsp3) is 0.756. The van der Waals surface area contributed by atoms with E-state index in [9.17, 15) is 0 Å². The number of rotatable bonds is 32. The van der Waals surface area contributed by atoms with Gasteiger partial charge in [0.1, 0.15) is 12.0 Å². The highest BCUT2D eigenvalue weighted by Gasteiger charge is 2.37. The Morgan fingerprint density at radius 1 is 0.523 bits per heavy atom. The lowest BCUT2D eigenvalue weighted by molar-refractivity contribution is -0.160. The van der Waals surface area contributed by atoms with Crippen molar-refractivity contribution >= 4 is 0 Å². The third-order valence-electron chi connectivity index (χ3n) is 8.59. The van der Waals surface area contributed by atoms with Crippen LogP contribution in [0, 0.1) is 0 Å². The SMILES string of the molecule is CCCCC/C=C\C/C=C\CCCCCCCCC1(CCCCCCCC/C=C\C/C=C\CCCCC)OC=C(CNC)O1. The lowest BCUT2D eigenvalue weighted by Crippen LogP contribution is -2.31. The van der Waals surface area contributed by atoms with Crippen LogP contribution >= 0.6 is 0 Å². The van der Waals surface area contributed by atoms with Gasteiger partial charge in [0, 0.05) is 12.8 Å². The van der Waals surface area contributed by atoms with E-state index in [0.29, 0.717) is 0 Å². The zero-order chi connectivity index (χ0) is 31.7. The summed E-state index contributed by atoms with van der Waals surface area (Å²) < 4.78 is 12.6. The number of unbranched alkanes of at least 4 members (excludes halogenated alkanes) is 18. The van der Waals surface area contributed by atoms with E-state index in [0.717, 1.165) is 38.0 Å². The molecule has 0 aromatic rings. The summed E-state index contributed by atoms with van der Waals surface area (Å²) in [6, 6.07) is 0. The molecule has 0 unspecified atom stereocenters. The molecule has 1 rings (SSSR count). The first-order valence-electron chi connectivity index (χ1n) is 19.1. The number of hydrogen-bond donors (Lipinski definition) is 1. The topological polar surface area (TPSA) is 30.5 Å². The molecule has 0 saturated heterocycles. The van der Waals surface area contributed by atoms with Gasteiger partial charge in [-0.05, 0) is 84.1 Å². The number of allylic oxidation sites excluding steroid dienone is 8. The molecule has 44 heavy (non-hydrogen) atoms. The summed E-state index contributed by atoms with van der Waals surface area (Å²) in [7, 11) is 1.97. The summed E-state index contributed by atoms with van der Waals surface area (Å²) in [5.74, 6) is 0.531. The molecule has 0 radical (unpaired) electrons. The van der Waals surface area contributed by atoms with Crippen LogP contribution in [0.15, 0.2) is 60.6 Å². The van der Waals surface area contributed by atoms with E-state index in [1.165, 1.54) is 141 Å². The van der Waals surface area contributed by atoms with Crippen LogP contribution in [0.3, 0.4) is 0 Å². The van der Waals surface area contributed by atoms with Crippen molar-refractivity contribution in [3.05, 3.63) is 60.6 Å². The second kappa shape index (κ2) is 31.3. The third-order valence-corrected chi connectivity index (χ3v) is 8.59. The van der Waals surface area contributed by atoms with Gasteiger partial charge in [-0.15, -0.1) is 0 Å². The Morgan fingerprint density at radius 3 is 1.32 bits per heavy atom. The van der Waals surface area contributed by atoms with Crippen molar-refractivity contribution < 1.29 is 9.47 Å². The predicted molar refractivity (Wildman–Crippen MR) is 195 cm³/mol. The number of likely N-dealkylation sites (N-methyl/N-ethyl adjacent to an activating group) is 1. The van der Waals surface area contributed by atoms with E-state index >= 15 is 0 Å². The van der Waals surface area contributed by atoms with Crippen molar-refractivity contribution in [3.63, 3.8) is 0 Å². The van der Waals surface area contributed by atoms with E-state index in [1.807, 2.05) is 13.3 Å². The standard InChI is InChI=1S/C41H73NO2/c1-4-6-8-10-12-14-16-18-20-22-24-26-28-30-32-34-36-41(43-39-40(44-41)38-42-3)37-35-33-31-29-27-25-23-21-19-17-15-13-11-9-7-5-2/h12-15,18-21,39,42H,4-11,16-17,22-38H2,1-3H3/b14-12-,15-13-,20-18-,21-19-. The molecule has 1 aliphatic rings. The van der Waals surface area contributed by atoms with Crippen LogP contribution in [-0.2, 0) is 9.47 Å². The molecule has 0 fully saturated rings. The van der Waals surface area contributed by atoms with Gasteiger partial charge >= 0.3 is 0 Å². The summed E-state index contributed by atoms with van der Waals surface area (Å²) in [5, 5.41) is 3.21. The van der Waals surface area contributed by atoms with Crippen molar-refractivity contribution in [2.75, 3.05) is 13.6 Å². The lowest BCUT2D eigenvalue weighted by atomic mass is 9.98. The molecule has 0 aromatic heterocycles.